The number of thiophene rings is 1. The van der Waals surface area contributed by atoms with Gasteiger partial charge in [-0.15, -0.1) is 11.3 Å². The molecule has 4 rings (SSSR count). The van der Waals surface area contributed by atoms with Gasteiger partial charge in [0.15, 0.2) is 11.5 Å². The van der Waals surface area contributed by atoms with Crippen LogP contribution in [0.3, 0.4) is 0 Å². The Morgan fingerprint density at radius 2 is 1.75 bits per heavy atom. The molecule has 4 aromatic rings. The standard InChI is InChI=1S/C21H18FN3O5S2/c1-25(15-8-9-16(28-2)17(12-15)29-3)32(26,27)18-10-11-31-19(18)21-23-20(24-30-21)13-4-6-14(22)7-5-13/h4-12H,1-3H3. The molecule has 2 heterocycles. The van der Waals surface area contributed by atoms with E-state index in [9.17, 15) is 12.8 Å². The number of hydrogen-bond donors (Lipinski definition) is 0. The van der Waals surface area contributed by atoms with Crippen molar-refractivity contribution < 1.29 is 26.8 Å². The summed E-state index contributed by atoms with van der Waals surface area (Å²) in [4.78, 5) is 4.63. The summed E-state index contributed by atoms with van der Waals surface area (Å²) >= 11 is 1.16. The number of halogens is 1. The van der Waals surface area contributed by atoms with E-state index in [0.29, 0.717) is 27.6 Å². The third kappa shape index (κ3) is 3.92. The van der Waals surface area contributed by atoms with Crippen LogP contribution in [0.2, 0.25) is 0 Å². The van der Waals surface area contributed by atoms with Gasteiger partial charge in [0.25, 0.3) is 15.9 Å². The Morgan fingerprint density at radius 3 is 2.44 bits per heavy atom. The van der Waals surface area contributed by atoms with Gasteiger partial charge in [-0.05, 0) is 47.8 Å². The Balaban J connectivity index is 1.69. The molecule has 0 unspecified atom stereocenters. The van der Waals surface area contributed by atoms with E-state index < -0.39 is 10.0 Å². The molecule has 2 aromatic heterocycles. The highest BCUT2D eigenvalue weighted by Gasteiger charge is 2.29. The van der Waals surface area contributed by atoms with Crippen molar-refractivity contribution in [3.63, 3.8) is 0 Å². The quantitative estimate of drug-likeness (QED) is 0.390. The van der Waals surface area contributed by atoms with Crippen molar-refractivity contribution >= 4 is 27.0 Å². The molecule has 0 aliphatic heterocycles. The largest absolute Gasteiger partial charge is 0.493 e. The van der Waals surface area contributed by atoms with E-state index in [4.69, 9.17) is 14.0 Å². The van der Waals surface area contributed by atoms with Crippen molar-refractivity contribution in [2.75, 3.05) is 25.6 Å². The normalized spacial score (nSPS) is 11.4. The summed E-state index contributed by atoms with van der Waals surface area (Å²) in [6, 6.07) is 11.9. The molecule has 8 nitrogen and oxygen atoms in total. The fourth-order valence-electron chi connectivity index (χ4n) is 3.00. The van der Waals surface area contributed by atoms with Gasteiger partial charge < -0.3 is 14.0 Å². The molecule has 0 aliphatic carbocycles. The third-order valence-corrected chi connectivity index (χ3v) is 7.58. The number of ether oxygens (including phenoxy) is 2. The predicted molar refractivity (Wildman–Crippen MR) is 118 cm³/mol. The molecular weight excluding hydrogens is 457 g/mol. The number of aromatic nitrogens is 2. The number of benzene rings is 2. The van der Waals surface area contributed by atoms with E-state index in [0.717, 1.165) is 15.6 Å². The Kier molecular flexibility index (Phi) is 5.85. The summed E-state index contributed by atoms with van der Waals surface area (Å²) in [7, 11) is 0.451. The van der Waals surface area contributed by atoms with Crippen molar-refractivity contribution in [1.29, 1.82) is 0 Å². The van der Waals surface area contributed by atoms with E-state index in [1.54, 1.807) is 23.6 Å². The zero-order valence-corrected chi connectivity index (χ0v) is 18.9. The molecule has 32 heavy (non-hydrogen) atoms. The molecule has 0 fully saturated rings. The summed E-state index contributed by atoms with van der Waals surface area (Å²) in [6.07, 6.45) is 0. The van der Waals surface area contributed by atoms with Crippen LogP contribution >= 0.6 is 11.3 Å². The van der Waals surface area contributed by atoms with E-state index in [1.807, 2.05) is 0 Å². The summed E-state index contributed by atoms with van der Waals surface area (Å²) in [5.41, 5.74) is 0.933. The fraction of sp³-hybridized carbons (Fsp3) is 0.143. The van der Waals surface area contributed by atoms with Crippen LogP contribution in [0, 0.1) is 5.82 Å². The van der Waals surface area contributed by atoms with Gasteiger partial charge in [0.2, 0.25) is 5.82 Å². The van der Waals surface area contributed by atoms with Crippen LogP contribution in [0.25, 0.3) is 22.2 Å². The molecular formula is C21H18FN3O5S2. The summed E-state index contributed by atoms with van der Waals surface area (Å²) in [5, 5.41) is 5.53. The molecule has 0 atom stereocenters. The van der Waals surface area contributed by atoms with Gasteiger partial charge in [-0.25, -0.2) is 12.8 Å². The van der Waals surface area contributed by atoms with E-state index in [2.05, 4.69) is 10.1 Å². The van der Waals surface area contributed by atoms with Gasteiger partial charge >= 0.3 is 0 Å². The second kappa shape index (κ2) is 8.60. The van der Waals surface area contributed by atoms with Gasteiger partial charge in [-0.3, -0.25) is 4.31 Å². The molecule has 2 aromatic carbocycles. The van der Waals surface area contributed by atoms with Crippen LogP contribution in [0.15, 0.2) is 63.3 Å². The number of rotatable bonds is 7. The molecule has 0 spiro atoms. The van der Waals surface area contributed by atoms with Crippen LogP contribution in [0.1, 0.15) is 0 Å². The highest BCUT2D eigenvalue weighted by atomic mass is 32.2. The summed E-state index contributed by atoms with van der Waals surface area (Å²) in [6.45, 7) is 0. The minimum Gasteiger partial charge on any atom is -0.493 e. The second-order valence-electron chi connectivity index (χ2n) is 6.56. The van der Waals surface area contributed by atoms with E-state index in [1.165, 1.54) is 51.6 Å². The van der Waals surface area contributed by atoms with Crippen LogP contribution in [0.5, 0.6) is 11.5 Å². The molecule has 0 saturated carbocycles. The first-order chi connectivity index (χ1) is 15.3. The fourth-order valence-corrected chi connectivity index (χ4v) is 5.50. The smallest absolute Gasteiger partial charge is 0.269 e. The molecule has 0 amide bonds. The van der Waals surface area contributed by atoms with Crippen molar-refractivity contribution in [3.8, 4) is 33.7 Å². The highest BCUT2D eigenvalue weighted by molar-refractivity contribution is 7.93. The average Bonchev–Trinajstić information content (AvgIpc) is 3.48. The topological polar surface area (TPSA) is 94.8 Å². The Morgan fingerprint density at radius 1 is 1.03 bits per heavy atom. The minimum absolute atomic E-state index is 0.0223. The van der Waals surface area contributed by atoms with Gasteiger partial charge in [0, 0.05) is 18.7 Å². The number of nitrogens with zero attached hydrogens (tertiary/aromatic N) is 3. The lowest BCUT2D eigenvalue weighted by molar-refractivity contribution is 0.355. The summed E-state index contributed by atoms with van der Waals surface area (Å²) in [5.74, 6) is 0.779. The second-order valence-corrected chi connectivity index (χ2v) is 9.41. The van der Waals surface area contributed by atoms with Gasteiger partial charge in [0.1, 0.15) is 15.6 Å². The minimum atomic E-state index is -3.96. The van der Waals surface area contributed by atoms with Crippen LogP contribution in [-0.2, 0) is 10.0 Å². The zero-order valence-electron chi connectivity index (χ0n) is 17.3. The first kappa shape index (κ1) is 21.8. The van der Waals surface area contributed by atoms with Crippen LogP contribution < -0.4 is 13.8 Å². The summed E-state index contributed by atoms with van der Waals surface area (Å²) < 4.78 is 56.9. The molecule has 166 valence electrons. The Hall–Kier alpha value is -3.44. The molecule has 0 radical (unpaired) electrons. The van der Waals surface area contributed by atoms with Crippen molar-refractivity contribution in [3.05, 3.63) is 59.7 Å². The maximum Gasteiger partial charge on any atom is 0.269 e. The molecule has 0 bridgehead atoms. The van der Waals surface area contributed by atoms with E-state index >= 15 is 0 Å². The van der Waals surface area contributed by atoms with Crippen molar-refractivity contribution in [1.82, 2.24) is 10.1 Å². The van der Waals surface area contributed by atoms with E-state index in [-0.39, 0.29) is 22.4 Å². The predicted octanol–water partition coefficient (Wildman–Crippen LogP) is 4.45. The lowest BCUT2D eigenvalue weighted by Gasteiger charge is -2.20. The monoisotopic (exact) mass is 475 g/mol. The van der Waals surface area contributed by atoms with Gasteiger partial charge in [-0.1, -0.05) is 5.16 Å². The highest BCUT2D eigenvalue weighted by Crippen LogP contribution is 2.37. The first-order valence-electron chi connectivity index (χ1n) is 9.23. The average molecular weight is 476 g/mol. The Bertz CT molecular complexity index is 1350. The number of sulfonamides is 1. The maximum atomic E-state index is 13.4. The van der Waals surface area contributed by atoms with Crippen LogP contribution in [0.4, 0.5) is 10.1 Å². The molecule has 0 saturated heterocycles. The number of anilines is 1. The number of methoxy groups -OCH3 is 2. The van der Waals surface area contributed by atoms with Gasteiger partial charge in [0.05, 0.1) is 19.9 Å². The lowest BCUT2D eigenvalue weighted by atomic mass is 10.2. The first-order valence-corrected chi connectivity index (χ1v) is 11.6. The van der Waals surface area contributed by atoms with Crippen molar-refractivity contribution in [2.24, 2.45) is 0 Å². The van der Waals surface area contributed by atoms with Crippen molar-refractivity contribution in [2.45, 2.75) is 4.90 Å². The number of hydrogen-bond acceptors (Lipinski definition) is 8. The molecule has 0 aliphatic rings. The van der Waals surface area contributed by atoms with Gasteiger partial charge in [-0.2, -0.15) is 4.98 Å². The third-order valence-electron chi connectivity index (χ3n) is 4.72. The zero-order chi connectivity index (χ0) is 22.9. The Labute approximate surface area is 187 Å². The molecule has 11 heteroatoms. The maximum absolute atomic E-state index is 13.4. The molecule has 0 N–H and O–H groups in total. The SMILES string of the molecule is COc1ccc(N(C)S(=O)(=O)c2ccsc2-c2nc(-c3ccc(F)cc3)no2)cc1OC. The lowest BCUT2D eigenvalue weighted by Crippen LogP contribution is -2.26. The van der Waals surface area contributed by atoms with Crippen LogP contribution in [-0.4, -0.2) is 39.8 Å².